The molecule has 0 atom stereocenters. The average Bonchev–Trinajstić information content (AvgIpc) is 2.64. The topological polar surface area (TPSA) is 52.1 Å². The second-order valence-electron chi connectivity index (χ2n) is 5.32. The van der Waals surface area contributed by atoms with Crippen LogP contribution in [0.15, 0.2) is 48.5 Å². The van der Waals surface area contributed by atoms with Crippen LogP contribution in [0.25, 0.3) is 22.0 Å². The van der Waals surface area contributed by atoms with E-state index in [4.69, 9.17) is 11.2 Å². The predicted octanol–water partition coefficient (Wildman–Crippen LogP) is 4.11. The number of esters is 1. The first-order chi connectivity index (χ1) is 12.4. The zero-order chi connectivity index (χ0) is 18.7. The Kier molecular flexibility index (Phi) is 4.59. The molecule has 130 valence electrons. The normalized spacial score (nSPS) is 11.2. The lowest BCUT2D eigenvalue weighted by atomic mass is 9.99. The molecule has 0 spiro atoms. The Labute approximate surface area is 146 Å². The van der Waals surface area contributed by atoms with Crippen molar-refractivity contribution in [2.75, 3.05) is 6.61 Å². The lowest BCUT2D eigenvalue weighted by Crippen LogP contribution is -2.08. The van der Waals surface area contributed by atoms with Crippen LogP contribution in [0.5, 0.6) is 0 Å². The number of halogens is 3. The smallest absolute Gasteiger partial charge is 0.416 e. The zero-order valence-corrected chi connectivity index (χ0v) is 13.2. The minimum absolute atomic E-state index is 0.0351. The van der Waals surface area contributed by atoms with Crippen molar-refractivity contribution in [1.82, 2.24) is 10.2 Å². The molecule has 4 nitrogen and oxygen atoms in total. The number of carbonyl (C=O) groups is 1. The van der Waals surface area contributed by atoms with E-state index in [1.165, 1.54) is 18.2 Å². The van der Waals surface area contributed by atoms with Gasteiger partial charge in [0, 0.05) is 5.39 Å². The zero-order valence-electron chi connectivity index (χ0n) is 13.2. The van der Waals surface area contributed by atoms with E-state index in [-0.39, 0.29) is 12.3 Å². The molecule has 0 aliphatic carbocycles. The monoisotopic (exact) mass is 356 g/mol. The molecule has 0 bridgehead atoms. The van der Waals surface area contributed by atoms with Crippen molar-refractivity contribution in [3.8, 4) is 23.5 Å². The summed E-state index contributed by atoms with van der Waals surface area (Å²) < 4.78 is 43.0. The van der Waals surface area contributed by atoms with Gasteiger partial charge in [-0.3, -0.25) is 0 Å². The Balaban J connectivity index is 2.05. The van der Waals surface area contributed by atoms with Crippen molar-refractivity contribution in [3.63, 3.8) is 0 Å². The van der Waals surface area contributed by atoms with Gasteiger partial charge in [-0.15, -0.1) is 16.6 Å². The Morgan fingerprint density at radius 2 is 1.85 bits per heavy atom. The maximum absolute atomic E-state index is 12.7. The number of hydrogen-bond donors (Lipinski definition) is 0. The summed E-state index contributed by atoms with van der Waals surface area (Å²) in [4.78, 5) is 11.9. The molecule has 0 saturated carbocycles. The largest absolute Gasteiger partial charge is 0.448 e. The Morgan fingerprint density at radius 1 is 1.12 bits per heavy atom. The quantitative estimate of drug-likeness (QED) is 0.524. The molecule has 0 aliphatic rings. The summed E-state index contributed by atoms with van der Waals surface area (Å²) in [5, 5.41) is 8.33. The van der Waals surface area contributed by atoms with Crippen LogP contribution < -0.4 is 0 Å². The highest BCUT2D eigenvalue weighted by Gasteiger charge is 2.30. The number of alkyl halides is 3. The molecule has 0 aliphatic heterocycles. The fraction of sp³-hybridized carbons (Fsp3) is 0.105. The summed E-state index contributed by atoms with van der Waals surface area (Å²) in [5.41, 5.74) is 0.902. The molecular weight excluding hydrogens is 345 g/mol. The molecule has 26 heavy (non-hydrogen) atoms. The molecular formula is C19H11F3N2O2. The third-order valence-corrected chi connectivity index (χ3v) is 3.65. The minimum Gasteiger partial charge on any atom is -0.448 e. The fourth-order valence-corrected chi connectivity index (χ4v) is 2.44. The van der Waals surface area contributed by atoms with E-state index in [9.17, 15) is 18.0 Å². The van der Waals surface area contributed by atoms with Crippen LogP contribution in [0.2, 0.25) is 0 Å². The average molecular weight is 356 g/mol. The second kappa shape index (κ2) is 6.84. The maximum atomic E-state index is 12.7. The molecule has 3 aromatic rings. The number of fused-ring (bicyclic) bond motifs is 1. The van der Waals surface area contributed by atoms with Crippen LogP contribution >= 0.6 is 0 Å². The van der Waals surface area contributed by atoms with Crippen LogP contribution in [-0.2, 0) is 10.9 Å². The van der Waals surface area contributed by atoms with Crippen LogP contribution in [0.3, 0.4) is 0 Å². The third kappa shape index (κ3) is 3.49. The van der Waals surface area contributed by atoms with Crippen molar-refractivity contribution in [2.45, 2.75) is 6.18 Å². The van der Waals surface area contributed by atoms with Gasteiger partial charge in [-0.1, -0.05) is 30.2 Å². The SMILES string of the molecule is C#CCOC(=O)c1cc2c(-c3ccc(C(F)(F)F)cc3)cccc2nn1. The van der Waals surface area contributed by atoms with Gasteiger partial charge in [0.05, 0.1) is 11.1 Å². The van der Waals surface area contributed by atoms with E-state index >= 15 is 0 Å². The highest BCUT2D eigenvalue weighted by atomic mass is 19.4. The number of rotatable bonds is 3. The molecule has 0 unspecified atom stereocenters. The van der Waals surface area contributed by atoms with Gasteiger partial charge in [0.1, 0.15) is 0 Å². The predicted molar refractivity (Wildman–Crippen MR) is 89.1 cm³/mol. The van der Waals surface area contributed by atoms with Gasteiger partial charge < -0.3 is 4.74 Å². The van der Waals surface area contributed by atoms with E-state index in [1.807, 2.05) is 0 Å². The number of terminal acetylenes is 1. The van der Waals surface area contributed by atoms with Crippen molar-refractivity contribution < 1.29 is 22.7 Å². The lowest BCUT2D eigenvalue weighted by molar-refractivity contribution is -0.137. The summed E-state index contributed by atoms with van der Waals surface area (Å²) in [6.07, 6.45) is 0.639. The number of aromatic nitrogens is 2. The van der Waals surface area contributed by atoms with Crippen molar-refractivity contribution in [1.29, 1.82) is 0 Å². The second-order valence-corrected chi connectivity index (χ2v) is 5.32. The molecule has 3 rings (SSSR count). The molecule has 2 aromatic carbocycles. The Bertz CT molecular complexity index is 1010. The van der Waals surface area contributed by atoms with Gasteiger partial charge in [-0.25, -0.2) is 4.79 Å². The summed E-state index contributed by atoms with van der Waals surface area (Å²) in [6, 6.07) is 11.3. The molecule has 0 fully saturated rings. The summed E-state index contributed by atoms with van der Waals surface area (Å²) >= 11 is 0. The first-order valence-electron chi connectivity index (χ1n) is 7.45. The van der Waals surface area contributed by atoms with Gasteiger partial charge in [0.15, 0.2) is 12.3 Å². The van der Waals surface area contributed by atoms with Gasteiger partial charge in [0.2, 0.25) is 0 Å². The number of carbonyl (C=O) groups excluding carboxylic acids is 1. The molecule has 1 aromatic heterocycles. The van der Waals surface area contributed by atoms with Gasteiger partial charge >= 0.3 is 12.1 Å². The highest BCUT2D eigenvalue weighted by Crippen LogP contribution is 2.33. The number of ether oxygens (including phenoxy) is 1. The van der Waals surface area contributed by atoms with E-state index < -0.39 is 17.7 Å². The van der Waals surface area contributed by atoms with E-state index in [1.54, 1.807) is 18.2 Å². The molecule has 0 amide bonds. The first-order valence-corrected chi connectivity index (χ1v) is 7.45. The molecule has 1 heterocycles. The van der Waals surface area contributed by atoms with Gasteiger partial charge in [-0.05, 0) is 35.4 Å². The fourth-order valence-electron chi connectivity index (χ4n) is 2.44. The molecule has 0 radical (unpaired) electrons. The third-order valence-electron chi connectivity index (χ3n) is 3.65. The standard InChI is InChI=1S/C19H11F3N2O2/c1-2-10-26-18(25)17-11-15-14(4-3-5-16(15)23-24-17)12-6-8-13(9-7-12)19(20,21)22/h1,3-9,11H,10H2. The van der Waals surface area contributed by atoms with Crippen molar-refractivity contribution in [2.24, 2.45) is 0 Å². The number of nitrogens with zero attached hydrogens (tertiary/aromatic N) is 2. The van der Waals surface area contributed by atoms with Gasteiger partial charge in [-0.2, -0.15) is 13.2 Å². The summed E-state index contributed by atoms with van der Waals surface area (Å²) in [5.74, 6) is 1.45. The van der Waals surface area contributed by atoms with Crippen LogP contribution in [0.1, 0.15) is 16.1 Å². The minimum atomic E-state index is -4.41. The van der Waals surface area contributed by atoms with Crippen LogP contribution in [0.4, 0.5) is 13.2 Å². The van der Waals surface area contributed by atoms with Gasteiger partial charge in [0.25, 0.3) is 0 Å². The maximum Gasteiger partial charge on any atom is 0.416 e. The Morgan fingerprint density at radius 3 is 2.50 bits per heavy atom. The number of benzene rings is 2. The molecule has 0 saturated heterocycles. The van der Waals surface area contributed by atoms with E-state index in [2.05, 4.69) is 16.1 Å². The Hall–Kier alpha value is -3.40. The van der Waals surface area contributed by atoms with Crippen LogP contribution in [-0.4, -0.2) is 22.8 Å². The highest BCUT2D eigenvalue weighted by molar-refractivity contribution is 5.98. The number of hydrogen-bond acceptors (Lipinski definition) is 4. The van der Waals surface area contributed by atoms with Crippen molar-refractivity contribution >= 4 is 16.9 Å². The van der Waals surface area contributed by atoms with Crippen LogP contribution in [0, 0.1) is 12.3 Å². The van der Waals surface area contributed by atoms with Crippen molar-refractivity contribution in [3.05, 3.63) is 59.8 Å². The molecule has 0 N–H and O–H groups in total. The summed E-state index contributed by atoms with van der Waals surface area (Å²) in [6.45, 7) is -0.195. The lowest BCUT2D eigenvalue weighted by Gasteiger charge is -2.10. The first kappa shape index (κ1) is 17.4. The molecule has 7 heteroatoms. The van der Waals surface area contributed by atoms with E-state index in [0.29, 0.717) is 22.0 Å². The summed E-state index contributed by atoms with van der Waals surface area (Å²) in [7, 11) is 0. The van der Waals surface area contributed by atoms with E-state index in [0.717, 1.165) is 12.1 Å².